The van der Waals surface area contributed by atoms with E-state index in [0.29, 0.717) is 0 Å². The van der Waals surface area contributed by atoms with Crippen molar-refractivity contribution in [2.45, 2.75) is 45.1 Å². The third kappa shape index (κ3) is 5.24. The molecule has 0 saturated heterocycles. The summed E-state index contributed by atoms with van der Waals surface area (Å²) < 4.78 is 4.61. The van der Waals surface area contributed by atoms with Crippen LogP contribution in [0.1, 0.15) is 40.0 Å². The highest BCUT2D eigenvalue weighted by Gasteiger charge is 2.46. The predicted octanol–water partition coefficient (Wildman–Crippen LogP) is 4.49. The average Bonchev–Trinajstić information content (AvgIpc) is 2.70. The molecule has 0 aliphatic rings. The Morgan fingerprint density at radius 2 is 1.54 bits per heavy atom. The molecular formula is C25H30O2Si. The van der Waals surface area contributed by atoms with Gasteiger partial charge in [-0.05, 0) is 28.3 Å². The molecule has 0 atom stereocenters. The van der Waals surface area contributed by atoms with Gasteiger partial charge in [-0.1, -0.05) is 87.5 Å². The number of rotatable bonds is 6. The number of hydrogen-bond acceptors (Lipinski definition) is 2. The predicted molar refractivity (Wildman–Crippen MR) is 120 cm³/mol. The van der Waals surface area contributed by atoms with E-state index < -0.39 is 8.07 Å². The van der Waals surface area contributed by atoms with E-state index in [4.69, 9.17) is 0 Å². The van der Waals surface area contributed by atoms with Gasteiger partial charge >= 0.3 is 5.97 Å². The van der Waals surface area contributed by atoms with Crippen LogP contribution in [0.3, 0.4) is 0 Å². The van der Waals surface area contributed by atoms with Gasteiger partial charge in [0.15, 0.2) is 0 Å². The molecule has 0 aliphatic heterocycles. The fourth-order valence-corrected chi connectivity index (χ4v) is 8.00. The van der Waals surface area contributed by atoms with Crippen LogP contribution in [0.25, 0.3) is 0 Å². The highest BCUT2D eigenvalue weighted by Crippen LogP contribution is 2.35. The van der Waals surface area contributed by atoms with Crippen molar-refractivity contribution in [2.24, 2.45) is 0 Å². The largest absolute Gasteiger partial charge is 0.466 e. The molecule has 0 amide bonds. The summed E-state index contributed by atoms with van der Waals surface area (Å²) in [5.41, 5.74) is 3.79. The van der Waals surface area contributed by atoms with Crippen molar-refractivity contribution in [3.8, 4) is 11.5 Å². The third-order valence-electron chi connectivity index (χ3n) is 4.94. The standard InChI is InChI=1S/C25H30O2Si/c1-25(2,3)28(22-16-10-8-11-17-22,23-18-12-9-13-19-23)21-15-7-5-6-14-20-24(26)27-4/h8-14,16-20H,5-7H2,1-4H3/b20-14+. The van der Waals surface area contributed by atoms with Gasteiger partial charge in [0.05, 0.1) is 7.11 Å². The van der Waals surface area contributed by atoms with E-state index in [1.807, 2.05) is 6.08 Å². The Morgan fingerprint density at radius 3 is 2.00 bits per heavy atom. The van der Waals surface area contributed by atoms with Crippen LogP contribution < -0.4 is 10.4 Å². The molecule has 2 nitrogen and oxygen atoms in total. The first kappa shape index (κ1) is 21.7. The Bertz CT molecular complexity index is 797. The van der Waals surface area contributed by atoms with E-state index in [2.05, 4.69) is 97.6 Å². The van der Waals surface area contributed by atoms with Gasteiger partial charge in [0, 0.05) is 12.5 Å². The van der Waals surface area contributed by atoms with Gasteiger partial charge in [-0.3, -0.25) is 0 Å². The zero-order valence-corrected chi connectivity index (χ0v) is 18.4. The number of ether oxygens (including phenoxy) is 1. The molecule has 28 heavy (non-hydrogen) atoms. The minimum atomic E-state index is -2.29. The monoisotopic (exact) mass is 390 g/mol. The summed E-state index contributed by atoms with van der Waals surface area (Å²) in [6, 6.07) is 21.5. The number of hydrogen-bond donors (Lipinski definition) is 0. The van der Waals surface area contributed by atoms with Crippen molar-refractivity contribution in [3.63, 3.8) is 0 Å². The molecule has 0 saturated carbocycles. The molecule has 0 bridgehead atoms. The smallest absolute Gasteiger partial charge is 0.330 e. The maximum atomic E-state index is 11.1. The molecule has 2 aromatic carbocycles. The van der Waals surface area contributed by atoms with Gasteiger partial charge in [-0.15, -0.1) is 11.5 Å². The third-order valence-corrected chi connectivity index (χ3v) is 10.1. The Hall–Kier alpha value is -2.57. The minimum Gasteiger partial charge on any atom is -0.466 e. The fraction of sp³-hybridized carbons (Fsp3) is 0.320. The lowest BCUT2D eigenvalue weighted by Crippen LogP contribution is -2.63. The summed E-state index contributed by atoms with van der Waals surface area (Å²) in [4.78, 5) is 11.1. The molecule has 2 aromatic rings. The molecule has 3 heteroatoms. The highest BCUT2D eigenvalue weighted by atomic mass is 28.3. The first-order valence-electron chi connectivity index (χ1n) is 9.77. The van der Waals surface area contributed by atoms with Crippen LogP contribution in [0.4, 0.5) is 0 Å². The van der Waals surface area contributed by atoms with Gasteiger partial charge in [0.25, 0.3) is 0 Å². The number of esters is 1. The second kappa shape index (κ2) is 10.1. The zero-order chi connectivity index (χ0) is 20.5. The maximum Gasteiger partial charge on any atom is 0.330 e. The molecule has 0 radical (unpaired) electrons. The normalized spacial score (nSPS) is 11.7. The second-order valence-corrected chi connectivity index (χ2v) is 12.3. The SMILES string of the molecule is COC(=O)/C=C/CCCC#C[Si](c1ccccc1)(c1ccccc1)C(C)(C)C. The summed E-state index contributed by atoms with van der Waals surface area (Å²) in [6.07, 6.45) is 5.91. The van der Waals surface area contributed by atoms with Crippen LogP contribution in [-0.4, -0.2) is 21.2 Å². The Balaban J connectivity index is 2.33. The van der Waals surface area contributed by atoms with Crippen LogP contribution in [-0.2, 0) is 9.53 Å². The van der Waals surface area contributed by atoms with E-state index in [9.17, 15) is 4.79 Å². The molecule has 0 heterocycles. The molecule has 0 aliphatic carbocycles. The summed E-state index contributed by atoms with van der Waals surface area (Å²) in [5, 5.41) is 2.76. The van der Waals surface area contributed by atoms with E-state index >= 15 is 0 Å². The van der Waals surface area contributed by atoms with E-state index in [1.54, 1.807) is 0 Å². The Labute approximate surface area is 170 Å². The van der Waals surface area contributed by atoms with Gasteiger partial charge in [0.1, 0.15) is 0 Å². The van der Waals surface area contributed by atoms with E-state index in [-0.39, 0.29) is 11.0 Å². The van der Waals surface area contributed by atoms with Crippen LogP contribution >= 0.6 is 0 Å². The van der Waals surface area contributed by atoms with Gasteiger partial charge < -0.3 is 4.74 Å². The first-order valence-corrected chi connectivity index (χ1v) is 11.8. The molecular weight excluding hydrogens is 360 g/mol. The van der Waals surface area contributed by atoms with Gasteiger partial charge in [0.2, 0.25) is 8.07 Å². The summed E-state index contributed by atoms with van der Waals surface area (Å²) in [5.74, 6) is 3.19. The van der Waals surface area contributed by atoms with Crippen molar-refractivity contribution >= 4 is 24.4 Å². The molecule has 0 spiro atoms. The number of carbonyl (C=O) groups is 1. The molecule has 2 rings (SSSR count). The van der Waals surface area contributed by atoms with Crippen LogP contribution in [0, 0.1) is 11.5 Å². The number of carbonyl (C=O) groups excluding carboxylic acids is 1. The zero-order valence-electron chi connectivity index (χ0n) is 17.4. The second-order valence-electron chi connectivity index (χ2n) is 7.85. The fourth-order valence-electron chi connectivity index (χ4n) is 3.49. The van der Waals surface area contributed by atoms with Crippen molar-refractivity contribution in [1.29, 1.82) is 0 Å². The summed E-state index contributed by atoms with van der Waals surface area (Å²) in [7, 11) is -0.904. The van der Waals surface area contributed by atoms with Crippen LogP contribution in [0.15, 0.2) is 72.8 Å². The van der Waals surface area contributed by atoms with Gasteiger partial charge in [-0.2, -0.15) is 0 Å². The topological polar surface area (TPSA) is 26.3 Å². The molecule has 0 unspecified atom stereocenters. The number of methoxy groups -OCH3 is 1. The lowest BCUT2D eigenvalue weighted by atomic mass is 10.2. The number of benzene rings is 2. The summed E-state index contributed by atoms with van der Waals surface area (Å²) in [6.45, 7) is 6.94. The molecule has 0 N–H and O–H groups in total. The summed E-state index contributed by atoms with van der Waals surface area (Å²) >= 11 is 0. The molecule has 0 fully saturated rings. The lowest BCUT2D eigenvalue weighted by Gasteiger charge is -2.39. The lowest BCUT2D eigenvalue weighted by molar-refractivity contribution is -0.134. The van der Waals surface area contributed by atoms with Gasteiger partial charge in [-0.25, -0.2) is 4.79 Å². The number of allylic oxidation sites excluding steroid dienone is 1. The van der Waals surface area contributed by atoms with Crippen molar-refractivity contribution < 1.29 is 9.53 Å². The van der Waals surface area contributed by atoms with Crippen LogP contribution in [0.5, 0.6) is 0 Å². The number of unbranched alkanes of at least 4 members (excludes halogenated alkanes) is 2. The van der Waals surface area contributed by atoms with Crippen molar-refractivity contribution in [3.05, 3.63) is 72.8 Å². The van der Waals surface area contributed by atoms with Crippen LogP contribution in [0.2, 0.25) is 5.04 Å². The first-order chi connectivity index (χ1) is 13.4. The van der Waals surface area contributed by atoms with E-state index in [0.717, 1.165) is 19.3 Å². The molecule has 146 valence electrons. The quantitative estimate of drug-likeness (QED) is 0.239. The van der Waals surface area contributed by atoms with Crippen molar-refractivity contribution in [1.82, 2.24) is 0 Å². The Kier molecular flexibility index (Phi) is 7.84. The minimum absolute atomic E-state index is 0.0491. The Morgan fingerprint density at radius 1 is 1.00 bits per heavy atom. The van der Waals surface area contributed by atoms with Crippen molar-refractivity contribution in [2.75, 3.05) is 7.11 Å². The molecule has 0 aromatic heterocycles. The highest BCUT2D eigenvalue weighted by molar-refractivity contribution is 7.10. The average molecular weight is 391 g/mol. The maximum absolute atomic E-state index is 11.1. The van der Waals surface area contributed by atoms with E-state index in [1.165, 1.54) is 23.6 Å².